The summed E-state index contributed by atoms with van der Waals surface area (Å²) in [5.74, 6) is 0. The Hall–Kier alpha value is 1.48. The van der Waals surface area contributed by atoms with E-state index in [9.17, 15) is 0 Å². The van der Waals surface area contributed by atoms with Gasteiger partial charge in [-0.15, -0.1) is 33.2 Å². The predicted octanol–water partition coefficient (Wildman–Crippen LogP) is 0.314. The van der Waals surface area contributed by atoms with Crippen LogP contribution in [-0.4, -0.2) is 44.0 Å². The lowest BCUT2D eigenvalue weighted by molar-refractivity contribution is 1.04. The molecule has 6 nitrogen and oxygen atoms in total. The van der Waals surface area contributed by atoms with E-state index >= 15 is 0 Å². The minimum Gasteiger partial charge on any atom is -0.343 e. The molecular weight excluding hydrogens is 379 g/mol. The molecule has 0 bridgehead atoms. The van der Waals surface area contributed by atoms with E-state index in [4.69, 9.17) is 33.2 Å². The van der Waals surface area contributed by atoms with Crippen molar-refractivity contribution in [3.05, 3.63) is 0 Å². The fraction of sp³-hybridized carbons (Fsp3) is 1.00. The average molecular weight is 403 g/mol. The molecule has 0 atom stereocenters. The Kier molecular flexibility index (Phi) is 7.40. The first-order chi connectivity index (χ1) is 9.23. The zero-order valence-corrected chi connectivity index (χ0v) is 18.6. The highest BCUT2D eigenvalue weighted by Crippen LogP contribution is 2.06. The van der Waals surface area contributed by atoms with Gasteiger partial charge in [-0.1, -0.05) is 0 Å². The topological polar surface area (TPSA) is 72.2 Å². The molecule has 0 aromatic carbocycles. The maximum Gasteiger partial charge on any atom is 0.370 e. The lowest BCUT2D eigenvalue weighted by Gasteiger charge is -2.38. The number of nitrogens with one attached hydrogen (secondary N) is 6. The highest BCUT2D eigenvalue weighted by molar-refractivity contribution is 7.23. The van der Waals surface area contributed by atoms with E-state index in [2.05, 4.69) is 30.1 Å². The van der Waals surface area contributed by atoms with Crippen molar-refractivity contribution in [2.45, 2.75) is 39.3 Å². The molecule has 1 heterocycles. The zero-order chi connectivity index (χ0) is 16.5. The first-order valence-electron chi connectivity index (χ1n) is 6.92. The molecule has 1 rings (SSSR count). The van der Waals surface area contributed by atoms with E-state index in [-0.39, 0.29) is 21.4 Å². The Bertz CT molecular complexity index is 293. The molecule has 120 valence electrons. The maximum atomic E-state index is 6.38. The Labute approximate surface area is 146 Å². The van der Waals surface area contributed by atoms with Crippen LogP contribution in [0.1, 0.15) is 0 Å². The smallest absolute Gasteiger partial charge is 0.343 e. The van der Waals surface area contributed by atoms with Crippen molar-refractivity contribution in [2.24, 2.45) is 0 Å². The Balaban J connectivity index is 2.73. The molecule has 15 heteroatoms. The van der Waals surface area contributed by atoms with Crippen molar-refractivity contribution in [2.75, 3.05) is 0 Å². The van der Waals surface area contributed by atoms with Gasteiger partial charge >= 0.3 is 21.4 Å². The van der Waals surface area contributed by atoms with E-state index in [1.165, 1.54) is 0 Å². The summed E-state index contributed by atoms with van der Waals surface area (Å²) in [6, 6.07) is 0. The molecule has 1 saturated heterocycles. The van der Waals surface area contributed by atoms with E-state index in [1.54, 1.807) is 0 Å². The summed E-state index contributed by atoms with van der Waals surface area (Å²) in [6.45, 7) is 12.2. The van der Waals surface area contributed by atoms with Crippen LogP contribution in [0.15, 0.2) is 0 Å². The Morgan fingerprint density at radius 3 is 0.905 bits per heavy atom. The van der Waals surface area contributed by atoms with Gasteiger partial charge in [-0.2, -0.15) is 0 Å². The molecule has 21 heavy (non-hydrogen) atoms. The van der Waals surface area contributed by atoms with Crippen LogP contribution in [-0.2, 0) is 0 Å². The minimum atomic E-state index is -1.95. The molecule has 0 unspecified atom stereocenters. The zero-order valence-electron chi connectivity index (χ0n) is 13.4. The number of hydrogen-bond acceptors (Lipinski definition) is 6. The summed E-state index contributed by atoms with van der Waals surface area (Å²) < 4.78 is 0. The summed E-state index contributed by atoms with van der Waals surface area (Å²) >= 11 is 19.1. The summed E-state index contributed by atoms with van der Waals surface area (Å²) in [6.07, 6.45) is 0. The van der Waals surface area contributed by atoms with E-state index in [0.29, 0.717) is 0 Å². The molecule has 1 aliphatic heterocycles. The number of halogens is 3. The van der Waals surface area contributed by atoms with E-state index < -0.39 is 22.6 Å². The molecule has 0 aromatic rings. The van der Waals surface area contributed by atoms with Gasteiger partial charge in [0.15, 0.2) is 0 Å². The van der Waals surface area contributed by atoms with Gasteiger partial charge in [0.25, 0.3) is 0 Å². The normalized spacial score (nSPS) is 18.4. The van der Waals surface area contributed by atoms with Crippen molar-refractivity contribution in [3.63, 3.8) is 0 Å². The fourth-order valence-electron chi connectivity index (χ4n) is 1.92. The Morgan fingerprint density at radius 2 is 0.762 bits per heavy atom. The van der Waals surface area contributed by atoms with Crippen molar-refractivity contribution < 1.29 is 0 Å². The molecule has 0 spiro atoms. The monoisotopic (exact) mass is 402 g/mol. The summed E-state index contributed by atoms with van der Waals surface area (Å²) in [4.78, 5) is 10.2. The van der Waals surface area contributed by atoms with Gasteiger partial charge in [-0.3, -0.25) is 0 Å². The molecular formula is C6H24B3Cl3N6Si3. The SMILES string of the molecule is C[Si](C)(Cl)NB1NB(N[Si](C)(C)Cl)NB(N[Si](C)(C)Cl)N1. The molecule has 0 amide bonds. The highest BCUT2D eigenvalue weighted by atomic mass is 35.6. The molecule has 1 fully saturated rings. The molecule has 6 N–H and O–H groups in total. The van der Waals surface area contributed by atoms with Crippen LogP contribution in [0.25, 0.3) is 0 Å². The highest BCUT2D eigenvalue weighted by Gasteiger charge is 2.42. The van der Waals surface area contributed by atoms with Gasteiger partial charge in [-0.05, 0) is 39.3 Å². The second kappa shape index (κ2) is 7.58. The second-order valence-corrected chi connectivity index (χ2v) is 24.9. The van der Waals surface area contributed by atoms with Crippen LogP contribution in [0.4, 0.5) is 0 Å². The van der Waals surface area contributed by atoms with Gasteiger partial charge in [0.05, 0.1) is 0 Å². The van der Waals surface area contributed by atoms with Gasteiger partial charge in [-0.25, -0.2) is 0 Å². The lowest BCUT2D eigenvalue weighted by Crippen LogP contribution is -2.88. The lowest BCUT2D eigenvalue weighted by atomic mass is 9.66. The van der Waals surface area contributed by atoms with Gasteiger partial charge < -0.3 is 30.1 Å². The van der Waals surface area contributed by atoms with E-state index in [1.807, 2.05) is 39.3 Å². The first kappa shape index (κ1) is 20.5. The van der Waals surface area contributed by atoms with Crippen LogP contribution < -0.4 is 30.1 Å². The number of hydrogen-bond donors (Lipinski definition) is 6. The van der Waals surface area contributed by atoms with Crippen molar-refractivity contribution in [1.82, 2.24) is 30.1 Å². The van der Waals surface area contributed by atoms with Crippen LogP contribution >= 0.6 is 33.2 Å². The third-order valence-electron chi connectivity index (χ3n) is 2.46. The Morgan fingerprint density at radius 1 is 0.571 bits per heavy atom. The molecule has 0 radical (unpaired) electrons. The van der Waals surface area contributed by atoms with E-state index in [0.717, 1.165) is 0 Å². The third-order valence-corrected chi connectivity index (χ3v) is 6.37. The van der Waals surface area contributed by atoms with Gasteiger partial charge in [0.2, 0.25) is 22.6 Å². The molecule has 0 aliphatic carbocycles. The van der Waals surface area contributed by atoms with Crippen molar-refractivity contribution in [1.29, 1.82) is 0 Å². The summed E-state index contributed by atoms with van der Waals surface area (Å²) in [5, 5.41) is 10.1. The van der Waals surface area contributed by atoms with Gasteiger partial charge in [0.1, 0.15) is 0 Å². The van der Waals surface area contributed by atoms with Crippen LogP contribution in [0.5, 0.6) is 0 Å². The minimum absolute atomic E-state index is 0.124. The van der Waals surface area contributed by atoms with Crippen molar-refractivity contribution >= 4 is 77.2 Å². The first-order valence-corrected chi connectivity index (χ1v) is 19.0. The third kappa shape index (κ3) is 10.0. The van der Waals surface area contributed by atoms with Gasteiger partial charge in [0, 0.05) is 0 Å². The average Bonchev–Trinajstić information content (AvgIpc) is 2.06. The number of rotatable bonds is 6. The molecule has 0 saturated carbocycles. The molecule has 1 aliphatic rings. The second-order valence-electron chi connectivity index (χ2n) is 6.65. The largest absolute Gasteiger partial charge is 0.370 e. The molecule has 0 aromatic heterocycles. The summed E-state index contributed by atoms with van der Waals surface area (Å²) in [7, 11) is -6.22. The quantitative estimate of drug-likeness (QED) is 0.284. The van der Waals surface area contributed by atoms with Crippen LogP contribution in [0.2, 0.25) is 39.3 Å². The predicted molar refractivity (Wildman–Crippen MR) is 106 cm³/mol. The maximum absolute atomic E-state index is 6.38. The fourth-order valence-corrected chi connectivity index (χ4v) is 5.47. The van der Waals surface area contributed by atoms with Crippen LogP contribution in [0.3, 0.4) is 0 Å². The standard InChI is InChI=1S/C6H24B3Cl3N6Si3/c1-19(2,10)16-7-13-8(17-20(3,4)11)15-9(14-7)18-21(5,6)12/h13-18H,1-6H3. The van der Waals surface area contributed by atoms with Crippen molar-refractivity contribution in [3.8, 4) is 0 Å². The summed E-state index contributed by atoms with van der Waals surface area (Å²) in [5.41, 5.74) is 0. The van der Waals surface area contributed by atoms with Crippen LogP contribution in [0, 0.1) is 0 Å².